The van der Waals surface area contributed by atoms with E-state index in [2.05, 4.69) is 5.32 Å². The van der Waals surface area contributed by atoms with E-state index in [4.69, 9.17) is 4.74 Å². The van der Waals surface area contributed by atoms with E-state index >= 15 is 0 Å². The molecule has 0 saturated carbocycles. The zero-order valence-corrected chi connectivity index (χ0v) is 8.38. The van der Waals surface area contributed by atoms with Gasteiger partial charge in [-0.25, -0.2) is 0 Å². The summed E-state index contributed by atoms with van der Waals surface area (Å²) in [7, 11) is 3.57. The first-order valence-electron chi connectivity index (χ1n) is 4.71. The summed E-state index contributed by atoms with van der Waals surface area (Å²) in [5.41, 5.74) is 0. The summed E-state index contributed by atoms with van der Waals surface area (Å²) >= 11 is 0. The van der Waals surface area contributed by atoms with Crippen LogP contribution in [0.2, 0.25) is 0 Å². The summed E-state index contributed by atoms with van der Waals surface area (Å²) in [6, 6.07) is 0.523. The van der Waals surface area contributed by atoms with E-state index in [0.717, 1.165) is 26.2 Å². The predicted molar refractivity (Wildman–Crippen MR) is 50.5 cm³/mol. The number of rotatable bonds is 5. The molecule has 0 aromatic rings. The first-order chi connectivity index (χ1) is 6.20. The fourth-order valence-corrected chi connectivity index (χ4v) is 1.12. The minimum absolute atomic E-state index is 0.201. The Labute approximate surface area is 79.2 Å². The van der Waals surface area contributed by atoms with Gasteiger partial charge >= 0.3 is 0 Å². The maximum absolute atomic E-state index is 11.1. The minimum atomic E-state index is 0.201. The van der Waals surface area contributed by atoms with E-state index in [9.17, 15) is 4.79 Å². The summed E-state index contributed by atoms with van der Waals surface area (Å²) in [5.74, 6) is 0.201. The molecule has 0 aromatic heterocycles. The average molecular weight is 186 g/mol. The second-order valence-corrected chi connectivity index (χ2v) is 3.58. The molecule has 1 N–H and O–H groups in total. The molecule has 4 heteroatoms. The number of hydrogen-bond acceptors (Lipinski definition) is 3. The van der Waals surface area contributed by atoms with Crippen LogP contribution in [-0.4, -0.2) is 50.7 Å². The maximum Gasteiger partial charge on any atom is 0.222 e. The van der Waals surface area contributed by atoms with Crippen LogP contribution in [0.5, 0.6) is 0 Å². The molecule has 76 valence electrons. The van der Waals surface area contributed by atoms with Crippen LogP contribution in [0, 0.1) is 0 Å². The van der Waals surface area contributed by atoms with Gasteiger partial charge in [-0.05, 0) is 13.0 Å². The monoisotopic (exact) mass is 186 g/mol. The second kappa shape index (κ2) is 5.19. The third-order valence-electron chi connectivity index (χ3n) is 2.14. The minimum Gasteiger partial charge on any atom is -0.378 e. The Morgan fingerprint density at radius 2 is 2.23 bits per heavy atom. The van der Waals surface area contributed by atoms with Gasteiger partial charge < -0.3 is 15.0 Å². The number of carbonyl (C=O) groups is 1. The van der Waals surface area contributed by atoms with Crippen LogP contribution in [0.4, 0.5) is 0 Å². The molecule has 1 rings (SSSR count). The SMILES string of the molecule is CN(C)C(=O)CCCNC1COC1. The van der Waals surface area contributed by atoms with Crippen LogP contribution in [-0.2, 0) is 9.53 Å². The molecule has 1 aliphatic heterocycles. The Kier molecular flexibility index (Phi) is 4.18. The number of carbonyl (C=O) groups excluding carboxylic acids is 1. The van der Waals surface area contributed by atoms with Gasteiger partial charge in [0.05, 0.1) is 19.3 Å². The van der Waals surface area contributed by atoms with Gasteiger partial charge in [0.25, 0.3) is 0 Å². The van der Waals surface area contributed by atoms with Crippen molar-refractivity contribution in [1.29, 1.82) is 0 Å². The Bertz CT molecular complexity index is 167. The fraction of sp³-hybridized carbons (Fsp3) is 0.889. The summed E-state index contributed by atoms with van der Waals surface area (Å²) in [6.45, 7) is 2.55. The van der Waals surface area contributed by atoms with Gasteiger partial charge in [-0.1, -0.05) is 0 Å². The summed E-state index contributed by atoms with van der Waals surface area (Å²) in [5, 5.41) is 3.32. The van der Waals surface area contributed by atoms with Gasteiger partial charge in [-0.3, -0.25) is 4.79 Å². The predicted octanol–water partition coefficient (Wildman–Crippen LogP) is -0.157. The van der Waals surface area contributed by atoms with Gasteiger partial charge in [0.15, 0.2) is 0 Å². The molecule has 1 saturated heterocycles. The first kappa shape index (κ1) is 10.5. The van der Waals surface area contributed by atoms with E-state index < -0.39 is 0 Å². The third kappa shape index (κ3) is 3.74. The Morgan fingerprint density at radius 3 is 2.69 bits per heavy atom. The smallest absolute Gasteiger partial charge is 0.222 e. The van der Waals surface area contributed by atoms with Crippen molar-refractivity contribution in [1.82, 2.24) is 10.2 Å². The Hall–Kier alpha value is -0.610. The van der Waals surface area contributed by atoms with Crippen molar-refractivity contribution in [2.75, 3.05) is 33.9 Å². The highest BCUT2D eigenvalue weighted by molar-refractivity contribution is 5.75. The van der Waals surface area contributed by atoms with Crippen LogP contribution >= 0.6 is 0 Å². The lowest BCUT2D eigenvalue weighted by atomic mass is 10.2. The molecule has 0 atom stereocenters. The Morgan fingerprint density at radius 1 is 1.54 bits per heavy atom. The highest BCUT2D eigenvalue weighted by atomic mass is 16.5. The number of hydrogen-bond donors (Lipinski definition) is 1. The van der Waals surface area contributed by atoms with Crippen LogP contribution in [0.3, 0.4) is 0 Å². The number of nitrogens with zero attached hydrogens (tertiary/aromatic N) is 1. The number of ether oxygens (including phenoxy) is 1. The highest BCUT2D eigenvalue weighted by Crippen LogP contribution is 2.00. The molecule has 1 fully saturated rings. The zero-order chi connectivity index (χ0) is 9.68. The van der Waals surface area contributed by atoms with Crippen LogP contribution < -0.4 is 5.32 Å². The van der Waals surface area contributed by atoms with E-state index in [1.807, 2.05) is 0 Å². The topological polar surface area (TPSA) is 41.6 Å². The first-order valence-corrected chi connectivity index (χ1v) is 4.71. The lowest BCUT2D eigenvalue weighted by Crippen LogP contribution is -2.46. The third-order valence-corrected chi connectivity index (χ3v) is 2.14. The molecular formula is C9H18N2O2. The molecule has 1 heterocycles. The molecule has 0 spiro atoms. The van der Waals surface area contributed by atoms with Crippen molar-refractivity contribution < 1.29 is 9.53 Å². The lowest BCUT2D eigenvalue weighted by molar-refractivity contribution is -0.128. The maximum atomic E-state index is 11.1. The van der Waals surface area contributed by atoms with Gasteiger partial charge in [0, 0.05) is 20.5 Å². The summed E-state index contributed by atoms with van der Waals surface area (Å²) < 4.78 is 5.01. The van der Waals surface area contributed by atoms with Crippen molar-refractivity contribution in [3.05, 3.63) is 0 Å². The number of nitrogens with one attached hydrogen (secondary N) is 1. The summed E-state index contributed by atoms with van der Waals surface area (Å²) in [4.78, 5) is 12.8. The molecule has 1 amide bonds. The van der Waals surface area contributed by atoms with Crippen molar-refractivity contribution in [3.63, 3.8) is 0 Å². The molecule has 13 heavy (non-hydrogen) atoms. The largest absolute Gasteiger partial charge is 0.378 e. The van der Waals surface area contributed by atoms with E-state index in [1.54, 1.807) is 19.0 Å². The quantitative estimate of drug-likeness (QED) is 0.607. The van der Waals surface area contributed by atoms with E-state index in [0.29, 0.717) is 12.5 Å². The van der Waals surface area contributed by atoms with Gasteiger partial charge in [0.1, 0.15) is 0 Å². The normalized spacial score (nSPS) is 16.8. The highest BCUT2D eigenvalue weighted by Gasteiger charge is 2.16. The molecule has 0 unspecified atom stereocenters. The molecule has 1 aliphatic rings. The van der Waals surface area contributed by atoms with Gasteiger partial charge in [-0.15, -0.1) is 0 Å². The van der Waals surface area contributed by atoms with Gasteiger partial charge in [-0.2, -0.15) is 0 Å². The number of amides is 1. The molecular weight excluding hydrogens is 168 g/mol. The van der Waals surface area contributed by atoms with Crippen molar-refractivity contribution in [2.24, 2.45) is 0 Å². The average Bonchev–Trinajstić information content (AvgIpc) is 2.00. The summed E-state index contributed by atoms with van der Waals surface area (Å²) in [6.07, 6.45) is 1.54. The van der Waals surface area contributed by atoms with E-state index in [1.165, 1.54) is 0 Å². The van der Waals surface area contributed by atoms with Crippen molar-refractivity contribution in [2.45, 2.75) is 18.9 Å². The van der Waals surface area contributed by atoms with Gasteiger partial charge in [0.2, 0.25) is 5.91 Å². The molecule has 0 radical (unpaired) electrons. The molecule has 4 nitrogen and oxygen atoms in total. The van der Waals surface area contributed by atoms with Crippen molar-refractivity contribution >= 4 is 5.91 Å². The molecule has 0 aliphatic carbocycles. The second-order valence-electron chi connectivity index (χ2n) is 3.58. The lowest BCUT2D eigenvalue weighted by Gasteiger charge is -2.26. The van der Waals surface area contributed by atoms with Crippen molar-refractivity contribution in [3.8, 4) is 0 Å². The molecule has 0 bridgehead atoms. The standard InChI is InChI=1S/C9H18N2O2/c1-11(2)9(12)4-3-5-10-8-6-13-7-8/h8,10H,3-7H2,1-2H3. The van der Waals surface area contributed by atoms with Crippen LogP contribution in [0.25, 0.3) is 0 Å². The van der Waals surface area contributed by atoms with Crippen LogP contribution in [0.15, 0.2) is 0 Å². The van der Waals surface area contributed by atoms with Crippen LogP contribution in [0.1, 0.15) is 12.8 Å². The zero-order valence-electron chi connectivity index (χ0n) is 8.38. The van der Waals surface area contributed by atoms with E-state index in [-0.39, 0.29) is 5.91 Å². The fourth-order valence-electron chi connectivity index (χ4n) is 1.12. The Balaban J connectivity index is 1.91. The molecule has 0 aromatic carbocycles.